The highest BCUT2D eigenvalue weighted by atomic mass is 19.1. The average molecular weight is 227 g/mol. The first-order valence-electron chi connectivity index (χ1n) is 5.40. The number of phenols is 1. The Kier molecular flexibility index (Phi) is 4.26. The minimum Gasteiger partial charge on any atom is -0.505 e. The molecule has 1 aromatic rings. The first-order chi connectivity index (χ1) is 7.49. The number of rotatable bonds is 4. The number of hydrogen-bond acceptors (Lipinski definition) is 3. The van der Waals surface area contributed by atoms with E-state index in [2.05, 4.69) is 0 Å². The fourth-order valence-corrected chi connectivity index (χ4v) is 1.58. The van der Waals surface area contributed by atoms with Gasteiger partial charge in [0.25, 0.3) is 0 Å². The molecule has 0 aliphatic carbocycles. The number of phenolic OH excluding ortho intramolecular Hbond substituents is 1. The second-order valence-corrected chi connectivity index (χ2v) is 4.08. The number of hydrogen-bond donors (Lipinski definition) is 3. The Labute approximate surface area is 94.7 Å². The summed E-state index contributed by atoms with van der Waals surface area (Å²) >= 11 is 0. The van der Waals surface area contributed by atoms with Crippen LogP contribution in [0, 0.1) is 11.7 Å². The lowest BCUT2D eigenvalue weighted by Gasteiger charge is -2.24. The summed E-state index contributed by atoms with van der Waals surface area (Å²) in [6.07, 6.45) is -0.0250. The molecule has 0 aromatic heterocycles. The number of aliphatic hydroxyl groups excluding tert-OH is 1. The molecule has 0 radical (unpaired) electrons. The molecule has 4 heteroatoms. The zero-order chi connectivity index (χ0) is 12.3. The van der Waals surface area contributed by atoms with Crippen LogP contribution in [0.3, 0.4) is 0 Å². The van der Waals surface area contributed by atoms with Crippen molar-refractivity contribution >= 4 is 0 Å². The summed E-state index contributed by atoms with van der Waals surface area (Å²) < 4.78 is 13.1. The third-order valence-electron chi connectivity index (χ3n) is 2.97. The van der Waals surface area contributed by atoms with E-state index in [1.807, 2.05) is 13.8 Å². The second-order valence-electron chi connectivity index (χ2n) is 4.08. The van der Waals surface area contributed by atoms with Crippen LogP contribution in [-0.4, -0.2) is 16.3 Å². The van der Waals surface area contributed by atoms with E-state index in [1.165, 1.54) is 12.1 Å². The molecule has 0 aliphatic rings. The van der Waals surface area contributed by atoms with Crippen molar-refractivity contribution in [3.8, 4) is 5.75 Å². The topological polar surface area (TPSA) is 66.5 Å². The van der Waals surface area contributed by atoms with E-state index in [9.17, 15) is 14.6 Å². The predicted molar refractivity (Wildman–Crippen MR) is 60.5 cm³/mol. The van der Waals surface area contributed by atoms with Gasteiger partial charge in [0.05, 0.1) is 12.1 Å². The van der Waals surface area contributed by atoms with Gasteiger partial charge in [0, 0.05) is 5.56 Å². The van der Waals surface area contributed by atoms with Crippen LogP contribution in [0.2, 0.25) is 0 Å². The van der Waals surface area contributed by atoms with Crippen molar-refractivity contribution in [3.05, 3.63) is 29.6 Å². The molecule has 0 heterocycles. The Morgan fingerprint density at radius 3 is 2.62 bits per heavy atom. The molecule has 3 atom stereocenters. The monoisotopic (exact) mass is 227 g/mol. The number of benzene rings is 1. The van der Waals surface area contributed by atoms with Gasteiger partial charge in [-0.05, 0) is 12.0 Å². The van der Waals surface area contributed by atoms with Crippen LogP contribution in [0.15, 0.2) is 18.2 Å². The van der Waals surface area contributed by atoms with Gasteiger partial charge in [-0.25, -0.2) is 4.39 Å². The highest BCUT2D eigenvalue weighted by Crippen LogP contribution is 2.29. The second kappa shape index (κ2) is 5.27. The molecular weight excluding hydrogens is 209 g/mol. The van der Waals surface area contributed by atoms with E-state index in [0.717, 1.165) is 12.5 Å². The van der Waals surface area contributed by atoms with Gasteiger partial charge in [0.15, 0.2) is 11.6 Å². The molecule has 3 nitrogen and oxygen atoms in total. The molecule has 1 aromatic carbocycles. The van der Waals surface area contributed by atoms with Crippen LogP contribution in [0.1, 0.15) is 31.9 Å². The normalized spacial score (nSPS) is 16.8. The first kappa shape index (κ1) is 12.9. The molecule has 1 rings (SSSR count). The Morgan fingerprint density at radius 2 is 2.06 bits per heavy atom. The van der Waals surface area contributed by atoms with Crippen LogP contribution in [0.25, 0.3) is 0 Å². The molecule has 0 bridgehead atoms. The smallest absolute Gasteiger partial charge is 0.165 e. The predicted octanol–water partition coefficient (Wildman–Crippen LogP) is 1.94. The number of aliphatic hydroxyl groups is 1. The Balaban J connectivity index is 2.96. The van der Waals surface area contributed by atoms with E-state index < -0.39 is 23.7 Å². The van der Waals surface area contributed by atoms with Crippen LogP contribution >= 0.6 is 0 Å². The van der Waals surface area contributed by atoms with Gasteiger partial charge in [-0.2, -0.15) is 0 Å². The molecule has 0 amide bonds. The summed E-state index contributed by atoms with van der Waals surface area (Å²) in [5, 5.41) is 19.4. The van der Waals surface area contributed by atoms with Crippen molar-refractivity contribution in [2.24, 2.45) is 11.7 Å². The lowest BCUT2D eigenvalue weighted by Crippen LogP contribution is -2.31. The molecule has 0 saturated carbocycles. The highest BCUT2D eigenvalue weighted by Gasteiger charge is 2.24. The SMILES string of the molecule is CCC(C)[C@@H](O)[C@@H](N)c1cccc(F)c1O. The quantitative estimate of drug-likeness (QED) is 0.736. The number of aromatic hydroxyl groups is 1. The van der Waals surface area contributed by atoms with Gasteiger partial charge in [-0.3, -0.25) is 0 Å². The summed E-state index contributed by atoms with van der Waals surface area (Å²) in [6.45, 7) is 3.80. The molecule has 16 heavy (non-hydrogen) atoms. The van der Waals surface area contributed by atoms with Gasteiger partial charge in [0.1, 0.15) is 0 Å². The van der Waals surface area contributed by atoms with Crippen LogP contribution in [-0.2, 0) is 0 Å². The van der Waals surface area contributed by atoms with Crippen molar-refractivity contribution in [3.63, 3.8) is 0 Å². The van der Waals surface area contributed by atoms with Gasteiger partial charge in [0.2, 0.25) is 0 Å². The van der Waals surface area contributed by atoms with E-state index >= 15 is 0 Å². The third-order valence-corrected chi connectivity index (χ3v) is 2.97. The molecule has 4 N–H and O–H groups in total. The minimum absolute atomic E-state index is 0.00216. The number of halogens is 1. The molecule has 0 fully saturated rings. The van der Waals surface area contributed by atoms with Crippen molar-refractivity contribution in [2.75, 3.05) is 0 Å². The van der Waals surface area contributed by atoms with E-state index in [0.29, 0.717) is 0 Å². The summed E-state index contributed by atoms with van der Waals surface area (Å²) in [5.41, 5.74) is 6.05. The maximum absolute atomic E-state index is 13.1. The largest absolute Gasteiger partial charge is 0.505 e. The summed E-state index contributed by atoms with van der Waals surface area (Å²) in [5.74, 6) is -1.20. The summed E-state index contributed by atoms with van der Waals surface area (Å²) in [6, 6.07) is 3.37. The number of nitrogens with two attached hydrogens (primary N) is 1. The molecule has 0 saturated heterocycles. The van der Waals surface area contributed by atoms with Gasteiger partial charge < -0.3 is 15.9 Å². The van der Waals surface area contributed by atoms with Crippen LogP contribution in [0.4, 0.5) is 4.39 Å². The Morgan fingerprint density at radius 1 is 1.44 bits per heavy atom. The van der Waals surface area contributed by atoms with Gasteiger partial charge >= 0.3 is 0 Å². The standard InChI is InChI=1S/C12H18FNO2/c1-3-7(2)11(15)10(14)8-5-4-6-9(13)12(8)16/h4-7,10-11,15-16H,3,14H2,1-2H3/t7?,10-,11+/m0/s1. The fourth-order valence-electron chi connectivity index (χ4n) is 1.58. The van der Waals surface area contributed by atoms with Crippen molar-refractivity contribution < 1.29 is 14.6 Å². The summed E-state index contributed by atoms with van der Waals surface area (Å²) in [7, 11) is 0. The first-order valence-corrected chi connectivity index (χ1v) is 5.40. The molecule has 1 unspecified atom stereocenters. The van der Waals surface area contributed by atoms with Crippen molar-refractivity contribution in [2.45, 2.75) is 32.4 Å². The lowest BCUT2D eigenvalue weighted by atomic mass is 9.91. The zero-order valence-electron chi connectivity index (χ0n) is 9.52. The van der Waals surface area contributed by atoms with Gasteiger partial charge in [-0.1, -0.05) is 32.4 Å². The molecule has 0 spiro atoms. The lowest BCUT2D eigenvalue weighted by molar-refractivity contribution is 0.0869. The van der Waals surface area contributed by atoms with E-state index in [1.54, 1.807) is 0 Å². The Bertz CT molecular complexity index is 357. The molecule has 90 valence electrons. The van der Waals surface area contributed by atoms with Crippen molar-refractivity contribution in [1.29, 1.82) is 0 Å². The van der Waals surface area contributed by atoms with Gasteiger partial charge in [-0.15, -0.1) is 0 Å². The minimum atomic E-state index is -0.794. The maximum atomic E-state index is 13.1. The third kappa shape index (κ3) is 2.51. The zero-order valence-corrected chi connectivity index (χ0v) is 9.52. The van der Waals surface area contributed by atoms with Crippen LogP contribution in [0.5, 0.6) is 5.75 Å². The fraction of sp³-hybridized carbons (Fsp3) is 0.500. The number of para-hydroxylation sites is 1. The maximum Gasteiger partial charge on any atom is 0.165 e. The van der Waals surface area contributed by atoms with E-state index in [4.69, 9.17) is 5.73 Å². The highest BCUT2D eigenvalue weighted by molar-refractivity contribution is 5.36. The van der Waals surface area contributed by atoms with E-state index in [-0.39, 0.29) is 11.5 Å². The average Bonchev–Trinajstić information content (AvgIpc) is 2.29. The van der Waals surface area contributed by atoms with Crippen LogP contribution < -0.4 is 5.73 Å². The molecule has 0 aliphatic heterocycles. The Hall–Kier alpha value is -1.13. The summed E-state index contributed by atoms with van der Waals surface area (Å²) in [4.78, 5) is 0. The molecular formula is C12H18FNO2. The van der Waals surface area contributed by atoms with Crippen molar-refractivity contribution in [1.82, 2.24) is 0 Å².